The average molecular weight is 188 g/mol. The Labute approximate surface area is 78.9 Å². The van der Waals surface area contributed by atoms with Crippen molar-refractivity contribution in [3.63, 3.8) is 0 Å². The third-order valence-corrected chi connectivity index (χ3v) is 2.39. The molecule has 0 aromatic carbocycles. The van der Waals surface area contributed by atoms with E-state index in [0.29, 0.717) is 0 Å². The molecule has 12 heavy (non-hydrogen) atoms. The molecule has 4 heteroatoms. The van der Waals surface area contributed by atoms with Crippen LogP contribution in [0.5, 0.6) is 0 Å². The number of amides is 1. The molecular weight excluding hydrogens is 172 g/mol. The zero-order valence-electron chi connectivity index (χ0n) is 7.42. The number of carbonyl (C=O) groups is 1. The van der Waals surface area contributed by atoms with Crippen LogP contribution >= 0.6 is 12.6 Å². The molecule has 0 saturated heterocycles. The van der Waals surface area contributed by atoms with E-state index < -0.39 is 0 Å². The first kappa shape index (κ1) is 9.86. The van der Waals surface area contributed by atoms with Gasteiger partial charge in [-0.2, -0.15) is 12.6 Å². The van der Waals surface area contributed by atoms with Gasteiger partial charge in [0.05, 0.1) is 5.75 Å². The Hall–Kier alpha value is -0.220. The highest BCUT2D eigenvalue weighted by Gasteiger charge is 2.25. The lowest BCUT2D eigenvalue weighted by Gasteiger charge is -2.15. The van der Waals surface area contributed by atoms with Crippen LogP contribution in [0, 0.1) is 0 Å². The van der Waals surface area contributed by atoms with Crippen molar-refractivity contribution >= 4 is 18.5 Å². The molecule has 0 aromatic heterocycles. The number of nitrogens with zero attached hydrogens (tertiary/aromatic N) is 1. The van der Waals surface area contributed by atoms with Crippen LogP contribution in [0.25, 0.3) is 0 Å². The summed E-state index contributed by atoms with van der Waals surface area (Å²) in [6.45, 7) is 1.69. The molecule has 0 atom stereocenters. The fourth-order valence-corrected chi connectivity index (χ4v) is 1.24. The van der Waals surface area contributed by atoms with Gasteiger partial charge < -0.3 is 10.2 Å². The van der Waals surface area contributed by atoms with Gasteiger partial charge >= 0.3 is 0 Å². The number of rotatable bonds is 5. The number of thiol groups is 1. The maximum absolute atomic E-state index is 10.8. The van der Waals surface area contributed by atoms with E-state index in [1.807, 2.05) is 0 Å². The quantitative estimate of drug-likeness (QED) is 0.601. The van der Waals surface area contributed by atoms with Gasteiger partial charge in [-0.05, 0) is 19.9 Å². The number of hydrogen-bond acceptors (Lipinski definition) is 3. The van der Waals surface area contributed by atoms with Crippen molar-refractivity contribution in [2.24, 2.45) is 0 Å². The summed E-state index contributed by atoms with van der Waals surface area (Å²) in [5.74, 6) is 0.301. The highest BCUT2D eigenvalue weighted by molar-refractivity contribution is 7.81. The molecule has 0 heterocycles. The van der Waals surface area contributed by atoms with Crippen molar-refractivity contribution in [3.05, 3.63) is 0 Å². The Kier molecular flexibility index (Phi) is 3.88. The summed E-state index contributed by atoms with van der Waals surface area (Å²) in [5, 5.41) is 2.79. The highest BCUT2D eigenvalue weighted by atomic mass is 32.1. The first-order valence-corrected chi connectivity index (χ1v) is 4.95. The lowest BCUT2D eigenvalue weighted by Crippen LogP contribution is -2.34. The zero-order valence-corrected chi connectivity index (χ0v) is 8.31. The SMILES string of the molecule is CN(CCNC(=O)CS)C1CC1. The van der Waals surface area contributed by atoms with Crippen molar-refractivity contribution < 1.29 is 4.79 Å². The van der Waals surface area contributed by atoms with Gasteiger partial charge in [-0.1, -0.05) is 0 Å². The Morgan fingerprint density at radius 1 is 1.67 bits per heavy atom. The van der Waals surface area contributed by atoms with Gasteiger partial charge in [-0.15, -0.1) is 0 Å². The van der Waals surface area contributed by atoms with Crippen LogP contribution < -0.4 is 5.32 Å². The van der Waals surface area contributed by atoms with Crippen LogP contribution in [-0.2, 0) is 4.79 Å². The Morgan fingerprint density at radius 2 is 2.33 bits per heavy atom. The molecule has 70 valence electrons. The number of nitrogens with one attached hydrogen (secondary N) is 1. The van der Waals surface area contributed by atoms with Gasteiger partial charge in [0.25, 0.3) is 0 Å². The molecule has 0 bridgehead atoms. The first-order valence-electron chi connectivity index (χ1n) is 4.32. The van der Waals surface area contributed by atoms with E-state index in [4.69, 9.17) is 0 Å². The Bertz CT molecular complexity index is 159. The summed E-state index contributed by atoms with van der Waals surface area (Å²) >= 11 is 3.87. The van der Waals surface area contributed by atoms with Gasteiger partial charge in [-0.25, -0.2) is 0 Å². The third-order valence-electron chi connectivity index (χ3n) is 2.10. The van der Waals surface area contributed by atoms with E-state index in [2.05, 4.69) is 29.9 Å². The summed E-state index contributed by atoms with van der Waals surface area (Å²) in [5.41, 5.74) is 0. The second-order valence-electron chi connectivity index (χ2n) is 3.22. The smallest absolute Gasteiger partial charge is 0.229 e. The minimum atomic E-state index is 0.0162. The number of carbonyl (C=O) groups excluding carboxylic acids is 1. The molecule has 1 fully saturated rings. The van der Waals surface area contributed by atoms with Crippen LogP contribution in [0.1, 0.15) is 12.8 Å². The lowest BCUT2D eigenvalue weighted by molar-refractivity contribution is -0.118. The van der Waals surface area contributed by atoms with E-state index >= 15 is 0 Å². The van der Waals surface area contributed by atoms with Crippen molar-refractivity contribution in [3.8, 4) is 0 Å². The normalized spacial score (nSPS) is 16.6. The third kappa shape index (κ3) is 3.45. The van der Waals surface area contributed by atoms with Crippen LogP contribution in [-0.4, -0.2) is 42.7 Å². The maximum Gasteiger partial charge on any atom is 0.229 e. The van der Waals surface area contributed by atoms with Gasteiger partial charge in [-0.3, -0.25) is 4.79 Å². The van der Waals surface area contributed by atoms with E-state index in [1.54, 1.807) is 0 Å². The Morgan fingerprint density at radius 3 is 2.83 bits per heavy atom. The average Bonchev–Trinajstić information content (AvgIpc) is 2.86. The molecule has 1 aliphatic rings. The fraction of sp³-hybridized carbons (Fsp3) is 0.875. The predicted molar refractivity (Wildman–Crippen MR) is 52.5 cm³/mol. The molecule has 0 spiro atoms. The van der Waals surface area contributed by atoms with Crippen molar-refractivity contribution in [1.82, 2.24) is 10.2 Å². The van der Waals surface area contributed by atoms with Gasteiger partial charge in [0.15, 0.2) is 0 Å². The van der Waals surface area contributed by atoms with E-state index in [-0.39, 0.29) is 11.7 Å². The monoisotopic (exact) mass is 188 g/mol. The van der Waals surface area contributed by atoms with Gasteiger partial charge in [0, 0.05) is 19.1 Å². The summed E-state index contributed by atoms with van der Waals surface area (Å²) in [6, 6.07) is 0.776. The predicted octanol–water partition coefficient (Wildman–Crippen LogP) is 0.127. The number of hydrogen-bond donors (Lipinski definition) is 2. The second-order valence-corrected chi connectivity index (χ2v) is 3.54. The van der Waals surface area contributed by atoms with E-state index in [1.165, 1.54) is 12.8 Å². The van der Waals surface area contributed by atoms with Gasteiger partial charge in [0.1, 0.15) is 0 Å². The van der Waals surface area contributed by atoms with Crippen molar-refractivity contribution in [2.45, 2.75) is 18.9 Å². The number of likely N-dealkylation sites (N-methyl/N-ethyl adjacent to an activating group) is 1. The minimum Gasteiger partial charge on any atom is -0.354 e. The summed E-state index contributed by atoms with van der Waals surface area (Å²) in [6.07, 6.45) is 2.63. The molecule has 1 saturated carbocycles. The molecule has 3 nitrogen and oxygen atoms in total. The second kappa shape index (κ2) is 4.72. The highest BCUT2D eigenvalue weighted by Crippen LogP contribution is 2.24. The largest absolute Gasteiger partial charge is 0.354 e. The molecule has 1 amide bonds. The molecular formula is C8H16N2OS. The summed E-state index contributed by atoms with van der Waals surface area (Å²) in [7, 11) is 2.10. The zero-order chi connectivity index (χ0) is 8.97. The van der Waals surface area contributed by atoms with Crippen molar-refractivity contribution in [1.29, 1.82) is 0 Å². The topological polar surface area (TPSA) is 32.3 Å². The molecule has 0 aromatic rings. The molecule has 0 aliphatic heterocycles. The van der Waals surface area contributed by atoms with Crippen LogP contribution in [0.3, 0.4) is 0 Å². The fourth-order valence-electron chi connectivity index (χ4n) is 1.13. The molecule has 0 radical (unpaired) electrons. The van der Waals surface area contributed by atoms with Crippen molar-refractivity contribution in [2.75, 3.05) is 25.9 Å². The Balaban J connectivity index is 1.97. The standard InChI is InChI=1S/C8H16N2OS/c1-10(7-2-3-7)5-4-9-8(11)6-12/h7,12H,2-6H2,1H3,(H,9,11). The van der Waals surface area contributed by atoms with Crippen LogP contribution in [0.4, 0.5) is 0 Å². The first-order chi connectivity index (χ1) is 5.74. The van der Waals surface area contributed by atoms with Crippen LogP contribution in [0.15, 0.2) is 0 Å². The summed E-state index contributed by atoms with van der Waals surface area (Å²) < 4.78 is 0. The summed E-state index contributed by atoms with van der Waals surface area (Å²) in [4.78, 5) is 13.1. The molecule has 1 rings (SSSR count). The van der Waals surface area contributed by atoms with E-state index in [0.717, 1.165) is 19.1 Å². The minimum absolute atomic E-state index is 0.0162. The van der Waals surface area contributed by atoms with E-state index in [9.17, 15) is 4.79 Å². The lowest BCUT2D eigenvalue weighted by atomic mass is 10.5. The molecule has 1 aliphatic carbocycles. The molecule has 0 unspecified atom stereocenters. The molecule has 1 N–H and O–H groups in total. The van der Waals surface area contributed by atoms with Crippen LogP contribution in [0.2, 0.25) is 0 Å². The van der Waals surface area contributed by atoms with Gasteiger partial charge in [0.2, 0.25) is 5.91 Å². The maximum atomic E-state index is 10.8.